The predicted molar refractivity (Wildman–Crippen MR) is 83.0 cm³/mol. The SMILES string of the molecule is NC(=O)COc1ccc2c(c1)N(c1ccc(F)cc1)C(=O)CC2. The highest BCUT2D eigenvalue weighted by Crippen LogP contribution is 2.36. The van der Waals surface area contributed by atoms with Crippen molar-refractivity contribution in [2.24, 2.45) is 5.73 Å². The van der Waals surface area contributed by atoms with E-state index in [0.717, 1.165) is 5.56 Å². The summed E-state index contributed by atoms with van der Waals surface area (Å²) >= 11 is 0. The van der Waals surface area contributed by atoms with Gasteiger partial charge in [0.05, 0.1) is 5.69 Å². The van der Waals surface area contributed by atoms with Gasteiger partial charge in [0.25, 0.3) is 5.91 Å². The number of rotatable bonds is 4. The summed E-state index contributed by atoms with van der Waals surface area (Å²) in [5.41, 5.74) is 7.32. The van der Waals surface area contributed by atoms with Gasteiger partial charge in [-0.3, -0.25) is 14.5 Å². The molecule has 0 fully saturated rings. The number of nitrogens with zero attached hydrogens (tertiary/aromatic N) is 1. The molecule has 2 N–H and O–H groups in total. The van der Waals surface area contributed by atoms with Gasteiger partial charge in [-0.05, 0) is 42.3 Å². The third kappa shape index (κ3) is 3.15. The van der Waals surface area contributed by atoms with Gasteiger partial charge in [-0.25, -0.2) is 4.39 Å². The van der Waals surface area contributed by atoms with Crippen LogP contribution in [-0.2, 0) is 16.0 Å². The van der Waals surface area contributed by atoms with Crippen molar-refractivity contribution in [1.82, 2.24) is 0 Å². The lowest BCUT2D eigenvalue weighted by atomic mass is 10.00. The lowest BCUT2D eigenvalue weighted by Gasteiger charge is -2.30. The summed E-state index contributed by atoms with van der Waals surface area (Å²) in [5.74, 6) is -0.563. The molecule has 2 amide bonds. The van der Waals surface area contributed by atoms with Crippen molar-refractivity contribution in [3.63, 3.8) is 0 Å². The molecule has 0 spiro atoms. The lowest BCUT2D eigenvalue weighted by molar-refractivity contribution is -0.120. The fraction of sp³-hybridized carbons (Fsp3) is 0.176. The predicted octanol–water partition coefficient (Wildman–Crippen LogP) is 2.30. The summed E-state index contributed by atoms with van der Waals surface area (Å²) in [7, 11) is 0. The number of hydrogen-bond acceptors (Lipinski definition) is 3. The van der Waals surface area contributed by atoms with E-state index >= 15 is 0 Å². The van der Waals surface area contributed by atoms with Crippen LogP contribution >= 0.6 is 0 Å². The van der Waals surface area contributed by atoms with Crippen LogP contribution in [0, 0.1) is 5.82 Å². The van der Waals surface area contributed by atoms with Crippen molar-refractivity contribution in [3.05, 3.63) is 53.8 Å². The fourth-order valence-electron chi connectivity index (χ4n) is 2.57. The Morgan fingerprint density at radius 2 is 1.91 bits per heavy atom. The Labute approximate surface area is 132 Å². The van der Waals surface area contributed by atoms with Gasteiger partial charge in [0.15, 0.2) is 6.61 Å². The van der Waals surface area contributed by atoms with Crippen LogP contribution < -0.4 is 15.4 Å². The van der Waals surface area contributed by atoms with E-state index in [1.54, 1.807) is 24.3 Å². The molecule has 23 heavy (non-hydrogen) atoms. The molecule has 0 radical (unpaired) electrons. The number of amides is 2. The fourth-order valence-corrected chi connectivity index (χ4v) is 2.57. The summed E-state index contributed by atoms with van der Waals surface area (Å²) in [5, 5.41) is 0. The first-order valence-electron chi connectivity index (χ1n) is 7.17. The maximum atomic E-state index is 13.1. The standard InChI is InChI=1S/C17H15FN2O3/c18-12-3-5-13(6-4-12)20-15-9-14(23-10-16(19)21)7-1-11(15)2-8-17(20)22/h1,3-7,9H,2,8,10H2,(H2,19,21). The normalized spacial score (nSPS) is 13.6. The van der Waals surface area contributed by atoms with Gasteiger partial charge in [-0.1, -0.05) is 6.07 Å². The Hall–Kier alpha value is -2.89. The average molecular weight is 314 g/mol. The zero-order valence-electron chi connectivity index (χ0n) is 12.3. The Morgan fingerprint density at radius 3 is 2.61 bits per heavy atom. The number of hydrogen-bond donors (Lipinski definition) is 1. The van der Waals surface area contributed by atoms with E-state index in [9.17, 15) is 14.0 Å². The van der Waals surface area contributed by atoms with E-state index in [2.05, 4.69) is 0 Å². The zero-order valence-corrected chi connectivity index (χ0v) is 12.3. The minimum absolute atomic E-state index is 0.0730. The number of anilines is 2. The van der Waals surface area contributed by atoms with Gasteiger partial charge in [0.2, 0.25) is 5.91 Å². The molecule has 2 aromatic rings. The summed E-state index contributed by atoms with van der Waals surface area (Å²) in [4.78, 5) is 24.7. The molecular weight excluding hydrogens is 299 g/mol. The lowest BCUT2D eigenvalue weighted by Crippen LogP contribution is -2.30. The highest BCUT2D eigenvalue weighted by atomic mass is 19.1. The van der Waals surface area contributed by atoms with E-state index < -0.39 is 5.91 Å². The number of benzene rings is 2. The summed E-state index contributed by atoms with van der Waals surface area (Å²) in [6.45, 7) is -0.233. The van der Waals surface area contributed by atoms with E-state index in [4.69, 9.17) is 10.5 Å². The topological polar surface area (TPSA) is 72.6 Å². The van der Waals surface area contributed by atoms with Gasteiger partial charge in [-0.2, -0.15) is 0 Å². The maximum Gasteiger partial charge on any atom is 0.255 e. The molecule has 1 aliphatic heterocycles. The van der Waals surface area contributed by atoms with Crippen LogP contribution in [-0.4, -0.2) is 18.4 Å². The Kier molecular flexibility index (Phi) is 3.97. The molecule has 1 heterocycles. The number of aryl methyl sites for hydroxylation is 1. The highest BCUT2D eigenvalue weighted by Gasteiger charge is 2.26. The van der Waals surface area contributed by atoms with Crippen molar-refractivity contribution in [2.75, 3.05) is 11.5 Å². The molecule has 0 unspecified atom stereocenters. The minimum atomic E-state index is -0.575. The molecule has 2 aromatic carbocycles. The Bertz CT molecular complexity index is 759. The molecular formula is C17H15FN2O3. The van der Waals surface area contributed by atoms with Crippen LogP contribution in [0.3, 0.4) is 0 Å². The molecule has 0 aliphatic carbocycles. The second kappa shape index (κ2) is 6.08. The number of nitrogens with two attached hydrogens (primary N) is 1. The third-order valence-corrected chi connectivity index (χ3v) is 3.62. The summed E-state index contributed by atoms with van der Waals surface area (Å²) < 4.78 is 18.4. The number of carbonyl (C=O) groups is 2. The Balaban J connectivity index is 1.98. The first-order valence-corrected chi connectivity index (χ1v) is 7.17. The van der Waals surface area contributed by atoms with Crippen molar-refractivity contribution in [3.8, 4) is 5.75 Å². The molecule has 118 valence electrons. The maximum absolute atomic E-state index is 13.1. The molecule has 3 rings (SSSR count). The van der Waals surface area contributed by atoms with Crippen molar-refractivity contribution < 1.29 is 18.7 Å². The van der Waals surface area contributed by atoms with Gasteiger partial charge in [0, 0.05) is 18.2 Å². The first-order chi connectivity index (χ1) is 11.0. The molecule has 0 aromatic heterocycles. The van der Waals surface area contributed by atoms with Crippen molar-refractivity contribution >= 4 is 23.2 Å². The van der Waals surface area contributed by atoms with Crippen molar-refractivity contribution in [1.29, 1.82) is 0 Å². The second-order valence-corrected chi connectivity index (χ2v) is 5.25. The van der Waals surface area contributed by atoms with Gasteiger partial charge in [-0.15, -0.1) is 0 Å². The average Bonchev–Trinajstić information content (AvgIpc) is 2.54. The number of ether oxygens (including phenoxy) is 1. The van der Waals surface area contributed by atoms with Gasteiger partial charge >= 0.3 is 0 Å². The summed E-state index contributed by atoms with van der Waals surface area (Å²) in [6.07, 6.45) is 1.01. The van der Waals surface area contributed by atoms with E-state index in [-0.39, 0.29) is 18.3 Å². The van der Waals surface area contributed by atoms with Crippen LogP contribution in [0.25, 0.3) is 0 Å². The van der Waals surface area contributed by atoms with Crippen molar-refractivity contribution in [2.45, 2.75) is 12.8 Å². The highest BCUT2D eigenvalue weighted by molar-refractivity contribution is 6.03. The van der Waals surface area contributed by atoms with Gasteiger partial charge < -0.3 is 10.5 Å². The van der Waals surface area contributed by atoms with E-state index in [0.29, 0.717) is 30.0 Å². The monoisotopic (exact) mass is 314 g/mol. The quantitative estimate of drug-likeness (QED) is 0.941. The third-order valence-electron chi connectivity index (χ3n) is 3.62. The number of halogens is 1. The smallest absolute Gasteiger partial charge is 0.255 e. The largest absolute Gasteiger partial charge is 0.484 e. The molecule has 6 heteroatoms. The van der Waals surface area contributed by atoms with Crippen LogP contribution in [0.4, 0.5) is 15.8 Å². The van der Waals surface area contributed by atoms with E-state index in [1.807, 2.05) is 6.07 Å². The first kappa shape index (κ1) is 15.0. The molecule has 1 aliphatic rings. The van der Waals surface area contributed by atoms with Crippen LogP contribution in [0.2, 0.25) is 0 Å². The molecule has 0 saturated carbocycles. The second-order valence-electron chi connectivity index (χ2n) is 5.25. The number of carbonyl (C=O) groups excluding carboxylic acids is 2. The molecule has 0 bridgehead atoms. The molecule has 0 saturated heterocycles. The molecule has 0 atom stereocenters. The number of fused-ring (bicyclic) bond motifs is 1. The van der Waals surface area contributed by atoms with Crippen LogP contribution in [0.1, 0.15) is 12.0 Å². The number of primary amides is 1. The van der Waals surface area contributed by atoms with Gasteiger partial charge in [0.1, 0.15) is 11.6 Å². The summed E-state index contributed by atoms with van der Waals surface area (Å²) in [6, 6.07) is 11.0. The van der Waals surface area contributed by atoms with Crippen LogP contribution in [0.5, 0.6) is 5.75 Å². The van der Waals surface area contributed by atoms with E-state index in [1.165, 1.54) is 17.0 Å². The minimum Gasteiger partial charge on any atom is -0.484 e. The van der Waals surface area contributed by atoms with Crippen LogP contribution in [0.15, 0.2) is 42.5 Å². The zero-order chi connectivity index (χ0) is 16.4. The Morgan fingerprint density at radius 1 is 1.17 bits per heavy atom. The molecule has 5 nitrogen and oxygen atoms in total.